The van der Waals surface area contributed by atoms with Gasteiger partial charge in [-0.25, -0.2) is 47.5 Å². The highest BCUT2D eigenvalue weighted by molar-refractivity contribution is 5.95. The van der Waals surface area contributed by atoms with Crippen LogP contribution in [-0.4, -0.2) is 125 Å². The Bertz CT molecular complexity index is 6570. The minimum absolute atomic E-state index is 0.0201. The minimum atomic E-state index is -0.509. The Morgan fingerprint density at radius 3 is 0.880 bits per heavy atom. The van der Waals surface area contributed by atoms with Crippen molar-refractivity contribution in [2.24, 2.45) is 0 Å². The first kappa shape index (κ1) is 116. The van der Waals surface area contributed by atoms with E-state index in [0.717, 1.165) is 63.9 Å². The third-order valence-electron chi connectivity index (χ3n) is 22.5. The van der Waals surface area contributed by atoms with Crippen molar-refractivity contribution in [3.8, 4) is 5.75 Å². The number of methoxy groups -OCH3 is 1. The number of likely N-dealkylation sites (N-methyl/N-ethyl adjacent to an activating group) is 1. The summed E-state index contributed by atoms with van der Waals surface area (Å²) in [5.74, 6) is -2.80. The normalized spacial score (nSPS) is 10.7. The van der Waals surface area contributed by atoms with E-state index in [1.807, 2.05) is 346 Å². The largest absolute Gasteiger partial charge is 0.496 e. The Labute approximate surface area is 879 Å². The summed E-state index contributed by atoms with van der Waals surface area (Å²) in [4.78, 5) is 108. The third kappa shape index (κ3) is 44.2. The van der Waals surface area contributed by atoms with Crippen LogP contribution in [0.1, 0.15) is 187 Å². The summed E-state index contributed by atoms with van der Waals surface area (Å²) < 4.78 is 65.1. The molecule has 0 fully saturated rings. The molecule has 21 heteroatoms. The second-order valence-electron chi connectivity index (χ2n) is 34.2. The Morgan fingerprint density at radius 2 is 0.513 bits per heavy atom. The van der Waals surface area contributed by atoms with E-state index >= 15 is 0 Å². The molecule has 0 bridgehead atoms. The van der Waals surface area contributed by atoms with E-state index in [-0.39, 0.29) is 60.4 Å². The summed E-state index contributed by atoms with van der Waals surface area (Å²) >= 11 is 0. The molecule has 0 N–H and O–H groups in total. The maximum absolute atomic E-state index is 12.7. The molecule has 16 aromatic carbocycles. The molecule has 150 heavy (non-hydrogen) atoms. The van der Waals surface area contributed by atoms with Crippen LogP contribution in [0.5, 0.6) is 5.75 Å². The van der Waals surface area contributed by atoms with Gasteiger partial charge in [-0.15, -0.1) is 0 Å². The van der Waals surface area contributed by atoms with Crippen LogP contribution in [0.2, 0.25) is 0 Å². The molecule has 0 aromatic heterocycles. The van der Waals surface area contributed by atoms with Crippen molar-refractivity contribution in [2.75, 3.05) is 60.3 Å². The highest BCUT2D eigenvalue weighted by Crippen LogP contribution is 2.24. The number of carbonyl (C=O) groups is 9. The Kier molecular flexibility index (Phi) is 51.4. The molecule has 0 aliphatic heterocycles. The van der Waals surface area contributed by atoms with Gasteiger partial charge in [-0.05, 0) is 215 Å². The van der Waals surface area contributed by atoms with Gasteiger partial charge in [0.2, 0.25) is 0 Å². The van der Waals surface area contributed by atoms with Gasteiger partial charge in [-0.1, -0.05) is 351 Å². The van der Waals surface area contributed by atoms with Gasteiger partial charge in [0.25, 0.3) is 0 Å². The average Bonchev–Trinajstić information content (AvgIpc) is 0.875. The first-order chi connectivity index (χ1) is 72.9. The van der Waals surface area contributed by atoms with Crippen molar-refractivity contribution in [3.63, 3.8) is 0 Å². The lowest BCUT2D eigenvalue weighted by Crippen LogP contribution is -2.24. The number of para-hydroxylation sites is 1. The van der Waals surface area contributed by atoms with E-state index in [4.69, 9.17) is 47.4 Å². The van der Waals surface area contributed by atoms with Crippen molar-refractivity contribution >= 4 is 53.7 Å². The van der Waals surface area contributed by atoms with Gasteiger partial charge in [-0.3, -0.25) is 4.90 Å². The molecular weight excluding hydrogens is 1890 g/mol. The molecule has 20 nitrogen and oxygen atoms in total. The molecule has 0 spiro atoms. The SMILES string of the molecule is CC(COC(=O)c1ccccc1)OC(=O)c1ccccc1.CN(CCOC(=O)c1ccccc1)Cc1ccccc1.COc1ccccc1C(=O)OCCc1ccccc1.Cc1ccc(C(=O)OC(C)c2ccccc2)cc1.Cc1ccc(C(=O)OCCc2ccccc2)cc1.Cc1ccccc1C(=O)OC(C)c1ccccc1.Cc1ccccc1C(=O)OCCc1ccccc1.O=C(OCCc1ccccc1)c1ccc(F)cc1. The van der Waals surface area contributed by atoms with E-state index < -0.39 is 24.0 Å². The van der Waals surface area contributed by atoms with Crippen LogP contribution >= 0.6 is 0 Å². The smallest absolute Gasteiger partial charge is 0.341 e. The fourth-order valence-electron chi connectivity index (χ4n) is 14.0. The molecular formula is C129H128FNO19. The molecule has 770 valence electrons. The molecule has 0 heterocycles. The predicted molar refractivity (Wildman–Crippen MR) is 584 cm³/mol. The lowest BCUT2D eigenvalue weighted by atomic mass is 10.1. The lowest BCUT2D eigenvalue weighted by Gasteiger charge is -2.16. The first-order valence-corrected chi connectivity index (χ1v) is 49.3. The van der Waals surface area contributed by atoms with E-state index in [9.17, 15) is 47.5 Å². The van der Waals surface area contributed by atoms with Crippen LogP contribution in [-0.2, 0) is 74.9 Å². The van der Waals surface area contributed by atoms with E-state index in [2.05, 4.69) is 17.0 Å². The zero-order valence-electron chi connectivity index (χ0n) is 86.0. The fraction of sp³-hybridized carbons (Fsp3) is 0.186. The quantitative estimate of drug-likeness (QED) is 0.0268. The van der Waals surface area contributed by atoms with E-state index in [1.165, 1.54) is 48.1 Å². The molecule has 16 rings (SSSR count). The molecule has 0 radical (unpaired) electrons. The minimum Gasteiger partial charge on any atom is -0.496 e. The van der Waals surface area contributed by atoms with Crippen molar-refractivity contribution < 1.29 is 94.9 Å². The van der Waals surface area contributed by atoms with Gasteiger partial charge in [0.15, 0.2) is 0 Å². The fourth-order valence-corrected chi connectivity index (χ4v) is 14.0. The average molecular weight is 2020 g/mol. The first-order valence-electron chi connectivity index (χ1n) is 49.3. The Hall–Kier alpha value is -17.6. The van der Waals surface area contributed by atoms with Crippen molar-refractivity contribution in [3.05, 3.63) is 566 Å². The van der Waals surface area contributed by atoms with Gasteiger partial charge in [0, 0.05) is 38.8 Å². The number of esters is 9. The van der Waals surface area contributed by atoms with Crippen LogP contribution < -0.4 is 4.74 Å². The summed E-state index contributed by atoms with van der Waals surface area (Å²) in [5, 5.41) is 0. The number of aryl methyl sites for hydroxylation is 4. The number of hydrogen-bond acceptors (Lipinski definition) is 20. The standard InChI is InChI=1S/C17H19NO2.C17H16O4.C16H16O3.4C16H16O2.C15H13FO2/c1-18(14-15-8-4-2-5-9-15)12-13-20-17(19)16-10-6-3-7-11-16;1-13(21-17(19)15-10-6-3-7-11-15)12-20-16(18)14-8-4-2-5-9-14;1-18-15-10-6-5-9-14(15)16(17)19-12-11-13-7-3-2-4-8-13;1-12-8-6-7-11-15(12)16(17)18-13(2)14-9-4-3-5-10-14;1-12-8-10-15(11-9-12)16(17)18-13(2)14-6-4-3-5-7-14;1-13-7-5-6-10-15(13)16(17)18-12-11-14-8-3-2-4-9-14;1-13-7-9-15(10-8-13)16(17)18-12-11-14-5-3-2-4-6-14;16-14-8-6-13(7-9-14)15(17)18-11-10-12-4-2-1-3-5-12/h2-11H,12-14H2,1H3;2-11,13H,12H2,1H3;2-10H,11-12H2,1H3;2*3-11,13H,1-2H3;2*2-10H,11-12H2,1H3;1-9H,10-11H2. The number of halogens is 1. The predicted octanol–water partition coefficient (Wildman–Crippen LogP) is 27.0. The van der Waals surface area contributed by atoms with Crippen molar-refractivity contribution in [1.29, 1.82) is 0 Å². The Morgan fingerprint density at radius 1 is 0.253 bits per heavy atom. The molecule has 0 saturated carbocycles. The molecule has 0 saturated heterocycles. The molecule has 0 aliphatic rings. The number of ether oxygens (including phenoxy) is 10. The van der Waals surface area contributed by atoms with Crippen molar-refractivity contribution in [2.45, 2.75) is 99.0 Å². The number of nitrogens with zero attached hydrogens (tertiary/aromatic N) is 1. The van der Waals surface area contributed by atoms with Gasteiger partial charge >= 0.3 is 53.7 Å². The summed E-state index contributed by atoms with van der Waals surface area (Å²) in [6.07, 6.45) is 1.90. The van der Waals surface area contributed by atoms with Crippen LogP contribution in [0.15, 0.2) is 449 Å². The lowest BCUT2D eigenvalue weighted by molar-refractivity contribution is 0.00447. The van der Waals surface area contributed by atoms with Gasteiger partial charge in [-0.2, -0.15) is 0 Å². The third-order valence-corrected chi connectivity index (χ3v) is 22.5. The van der Waals surface area contributed by atoms with E-state index in [0.29, 0.717) is 108 Å². The number of hydrogen-bond donors (Lipinski definition) is 0. The molecule has 0 amide bonds. The van der Waals surface area contributed by atoms with Gasteiger partial charge < -0.3 is 47.4 Å². The Balaban J connectivity index is 0.000000190. The summed E-state index contributed by atoms with van der Waals surface area (Å²) in [6.45, 7) is 16.7. The molecule has 3 unspecified atom stereocenters. The summed E-state index contributed by atoms with van der Waals surface area (Å²) in [5.41, 5.74) is 16.8. The van der Waals surface area contributed by atoms with Crippen LogP contribution in [0.4, 0.5) is 4.39 Å². The van der Waals surface area contributed by atoms with Crippen LogP contribution in [0, 0.1) is 33.5 Å². The topological polar surface area (TPSA) is 249 Å². The maximum Gasteiger partial charge on any atom is 0.341 e. The van der Waals surface area contributed by atoms with Crippen molar-refractivity contribution in [1.82, 2.24) is 4.90 Å². The zero-order chi connectivity index (χ0) is 107. The van der Waals surface area contributed by atoms with Crippen LogP contribution in [0.3, 0.4) is 0 Å². The maximum atomic E-state index is 12.7. The van der Waals surface area contributed by atoms with E-state index in [1.54, 1.807) is 122 Å². The molecule has 16 aromatic rings. The van der Waals surface area contributed by atoms with Gasteiger partial charge in [0.1, 0.15) is 48.7 Å². The number of carbonyl (C=O) groups excluding carboxylic acids is 9. The number of rotatable bonds is 34. The molecule has 3 atom stereocenters. The monoisotopic (exact) mass is 2010 g/mol. The summed E-state index contributed by atoms with van der Waals surface area (Å²) in [6, 6.07) is 138. The highest BCUT2D eigenvalue weighted by Gasteiger charge is 2.21. The zero-order valence-corrected chi connectivity index (χ0v) is 86.0. The van der Waals surface area contributed by atoms with Gasteiger partial charge in [0.05, 0.1) is 78.0 Å². The number of benzene rings is 16. The summed E-state index contributed by atoms with van der Waals surface area (Å²) in [7, 11) is 3.55. The highest BCUT2D eigenvalue weighted by atomic mass is 19.1. The second kappa shape index (κ2) is 66.5. The van der Waals surface area contributed by atoms with Crippen LogP contribution in [0.25, 0.3) is 0 Å². The second-order valence-corrected chi connectivity index (χ2v) is 34.2. The molecule has 0 aliphatic carbocycles.